The molecule has 1 aromatic heterocycles. The number of halogens is 3. The van der Waals surface area contributed by atoms with Gasteiger partial charge in [0.2, 0.25) is 0 Å². The smallest absolute Gasteiger partial charge is 0.338 e. The number of carbonyl (C=O) groups is 1. The Bertz CT molecular complexity index is 575. The lowest BCUT2D eigenvalue weighted by molar-refractivity contribution is -0.183. The number of hydrogen-bond acceptors (Lipinski definition) is 4. The van der Waals surface area contributed by atoms with Gasteiger partial charge in [-0.1, -0.05) is 0 Å². The van der Waals surface area contributed by atoms with Crippen molar-refractivity contribution in [2.75, 3.05) is 39.3 Å². The summed E-state index contributed by atoms with van der Waals surface area (Å²) >= 11 is 0. The molecule has 6 nitrogen and oxygen atoms in total. The second-order valence-electron chi connectivity index (χ2n) is 6.78. The third-order valence-corrected chi connectivity index (χ3v) is 5.39. The Morgan fingerprint density at radius 2 is 1.84 bits per heavy atom. The molecule has 0 bridgehead atoms. The molecule has 140 valence electrons. The second-order valence-corrected chi connectivity index (χ2v) is 6.78. The third-order valence-electron chi connectivity index (χ3n) is 5.39. The minimum Gasteiger partial charge on any atom is -0.338 e. The molecule has 2 aliphatic heterocycles. The summed E-state index contributed by atoms with van der Waals surface area (Å²) in [5, 5.41) is 7.54. The Morgan fingerprint density at radius 3 is 2.36 bits per heavy atom. The fraction of sp³-hybridized carbons (Fsp3) is 0.750. The molecule has 2 fully saturated rings. The number of aromatic nitrogens is 2. The van der Waals surface area contributed by atoms with Crippen molar-refractivity contribution in [2.45, 2.75) is 37.5 Å². The highest BCUT2D eigenvalue weighted by Crippen LogP contribution is 2.31. The Balaban J connectivity index is 1.71. The van der Waals surface area contributed by atoms with Crippen molar-refractivity contribution in [1.82, 2.24) is 24.9 Å². The minimum absolute atomic E-state index is 0.0305. The molecule has 0 aliphatic carbocycles. The van der Waals surface area contributed by atoms with Crippen LogP contribution >= 0.6 is 0 Å². The topological polar surface area (TPSA) is 53.4 Å². The molecule has 0 spiro atoms. The van der Waals surface area contributed by atoms with Crippen LogP contribution in [-0.4, -0.2) is 77.0 Å². The van der Waals surface area contributed by atoms with Gasteiger partial charge in [0.15, 0.2) is 0 Å². The molecule has 1 aromatic rings. The molecule has 1 atom stereocenters. The van der Waals surface area contributed by atoms with Crippen LogP contribution in [0.1, 0.15) is 19.8 Å². The lowest BCUT2D eigenvalue weighted by Crippen LogP contribution is -2.61. The lowest BCUT2D eigenvalue weighted by atomic mass is 9.86. The summed E-state index contributed by atoms with van der Waals surface area (Å²) in [4.78, 5) is 16.3. The molecule has 2 saturated heterocycles. The molecular weight excluding hydrogens is 335 g/mol. The van der Waals surface area contributed by atoms with Crippen LogP contribution in [0.25, 0.3) is 0 Å². The predicted octanol–water partition coefficient (Wildman–Crippen LogP) is 1.06. The Kier molecular flexibility index (Phi) is 5.06. The van der Waals surface area contributed by atoms with Crippen LogP contribution in [0, 0.1) is 0 Å². The molecule has 0 saturated carbocycles. The maximum atomic E-state index is 13.2. The number of nitrogens with one attached hydrogen (secondary N) is 1. The van der Waals surface area contributed by atoms with E-state index in [9.17, 15) is 18.0 Å². The van der Waals surface area contributed by atoms with Gasteiger partial charge in [-0.05, 0) is 38.9 Å². The van der Waals surface area contributed by atoms with Gasteiger partial charge in [-0.2, -0.15) is 18.3 Å². The molecule has 3 rings (SSSR count). The monoisotopic (exact) mass is 359 g/mol. The maximum Gasteiger partial charge on any atom is 0.403 e. The molecule has 1 N–H and O–H groups in total. The highest BCUT2D eigenvalue weighted by atomic mass is 19.4. The van der Waals surface area contributed by atoms with Crippen LogP contribution in [0.3, 0.4) is 0 Å². The van der Waals surface area contributed by atoms with E-state index in [1.807, 2.05) is 0 Å². The minimum atomic E-state index is -4.24. The third kappa shape index (κ3) is 3.52. The zero-order valence-corrected chi connectivity index (χ0v) is 14.3. The number of amides is 1. The van der Waals surface area contributed by atoms with Crippen molar-refractivity contribution in [3.05, 3.63) is 18.5 Å². The number of nitrogens with zero attached hydrogens (tertiary/aromatic N) is 4. The van der Waals surface area contributed by atoms with E-state index in [-0.39, 0.29) is 19.0 Å². The first-order chi connectivity index (χ1) is 11.8. The Morgan fingerprint density at radius 1 is 1.20 bits per heavy atom. The zero-order valence-electron chi connectivity index (χ0n) is 14.3. The van der Waals surface area contributed by atoms with Gasteiger partial charge >= 0.3 is 6.18 Å². The van der Waals surface area contributed by atoms with Crippen molar-refractivity contribution in [2.24, 2.45) is 0 Å². The zero-order chi connectivity index (χ0) is 18.1. The van der Waals surface area contributed by atoms with Crippen LogP contribution < -0.4 is 5.32 Å². The molecule has 9 heteroatoms. The van der Waals surface area contributed by atoms with Gasteiger partial charge in [0.1, 0.15) is 11.6 Å². The first-order valence-electron chi connectivity index (χ1n) is 8.65. The molecule has 2 aliphatic rings. The fourth-order valence-corrected chi connectivity index (χ4v) is 3.72. The van der Waals surface area contributed by atoms with Crippen molar-refractivity contribution in [3.63, 3.8) is 0 Å². The standard InChI is InChI=1S/C16H24F3N5O/c1-13(16(17,18)19)22-9-11-23(12-10-22)14(25)15(3-6-20-7-4-15)24-8-2-5-21-24/h2,5,8,13,20H,3-4,6-7,9-12H2,1H3. The number of carbonyl (C=O) groups excluding carboxylic acids is 1. The first kappa shape index (κ1) is 18.2. The average Bonchev–Trinajstić information content (AvgIpc) is 3.15. The molecular formula is C16H24F3N5O. The molecule has 25 heavy (non-hydrogen) atoms. The fourth-order valence-electron chi connectivity index (χ4n) is 3.72. The summed E-state index contributed by atoms with van der Waals surface area (Å²) < 4.78 is 40.4. The molecule has 1 amide bonds. The van der Waals surface area contributed by atoms with Crippen molar-refractivity contribution >= 4 is 5.91 Å². The summed E-state index contributed by atoms with van der Waals surface area (Å²) in [5.74, 6) is -0.0305. The SMILES string of the molecule is CC(N1CCN(C(=O)C2(n3cccn3)CCNCC2)CC1)C(F)(F)F. The summed E-state index contributed by atoms with van der Waals surface area (Å²) in [6, 6.07) is 0.309. The van der Waals surface area contributed by atoms with Gasteiger partial charge in [-0.15, -0.1) is 0 Å². The summed E-state index contributed by atoms with van der Waals surface area (Å²) in [7, 11) is 0. The lowest BCUT2D eigenvalue weighted by Gasteiger charge is -2.44. The number of piperazine rings is 1. The summed E-state index contributed by atoms with van der Waals surface area (Å²) in [5.41, 5.74) is -0.730. The second kappa shape index (κ2) is 6.95. The summed E-state index contributed by atoms with van der Waals surface area (Å²) in [6.07, 6.45) is 0.474. The normalized spacial score (nSPS) is 23.4. The van der Waals surface area contributed by atoms with Gasteiger partial charge in [0, 0.05) is 38.6 Å². The quantitative estimate of drug-likeness (QED) is 0.877. The number of piperidine rings is 1. The molecule has 3 heterocycles. The van der Waals surface area contributed by atoms with Crippen LogP contribution in [0.2, 0.25) is 0 Å². The van der Waals surface area contributed by atoms with E-state index >= 15 is 0 Å². The molecule has 0 aromatic carbocycles. The van der Waals surface area contributed by atoms with Gasteiger partial charge < -0.3 is 10.2 Å². The van der Waals surface area contributed by atoms with Crippen molar-refractivity contribution in [3.8, 4) is 0 Å². The van der Waals surface area contributed by atoms with E-state index in [4.69, 9.17) is 0 Å². The predicted molar refractivity (Wildman–Crippen MR) is 86.0 cm³/mol. The number of alkyl halides is 3. The Labute approximate surface area is 144 Å². The van der Waals surface area contributed by atoms with E-state index in [2.05, 4.69) is 10.4 Å². The average molecular weight is 359 g/mol. The van der Waals surface area contributed by atoms with Gasteiger partial charge in [-0.3, -0.25) is 14.4 Å². The van der Waals surface area contributed by atoms with E-state index in [0.29, 0.717) is 25.9 Å². The number of rotatable bonds is 3. The van der Waals surface area contributed by atoms with Crippen molar-refractivity contribution < 1.29 is 18.0 Å². The Hall–Kier alpha value is -1.61. The van der Waals surface area contributed by atoms with Crippen LogP contribution in [0.15, 0.2) is 18.5 Å². The highest BCUT2D eigenvalue weighted by molar-refractivity contribution is 5.84. The van der Waals surface area contributed by atoms with Crippen LogP contribution in [0.5, 0.6) is 0 Å². The summed E-state index contributed by atoms with van der Waals surface area (Å²) in [6.45, 7) is 3.72. The van der Waals surface area contributed by atoms with Gasteiger partial charge in [0.05, 0.1) is 0 Å². The number of hydrogen-bond donors (Lipinski definition) is 1. The largest absolute Gasteiger partial charge is 0.403 e. The van der Waals surface area contributed by atoms with E-state index < -0.39 is 17.8 Å². The highest BCUT2D eigenvalue weighted by Gasteiger charge is 2.46. The maximum absolute atomic E-state index is 13.2. The van der Waals surface area contributed by atoms with Gasteiger partial charge in [0.25, 0.3) is 5.91 Å². The first-order valence-corrected chi connectivity index (χ1v) is 8.65. The van der Waals surface area contributed by atoms with E-state index in [1.165, 1.54) is 11.8 Å². The molecule has 1 unspecified atom stereocenters. The van der Waals surface area contributed by atoms with Crippen LogP contribution in [0.4, 0.5) is 13.2 Å². The van der Waals surface area contributed by atoms with E-state index in [0.717, 1.165) is 13.1 Å². The van der Waals surface area contributed by atoms with Crippen molar-refractivity contribution in [1.29, 1.82) is 0 Å². The van der Waals surface area contributed by atoms with Crippen LogP contribution in [-0.2, 0) is 10.3 Å². The van der Waals surface area contributed by atoms with Gasteiger partial charge in [-0.25, -0.2) is 0 Å². The van der Waals surface area contributed by atoms with E-state index in [1.54, 1.807) is 28.0 Å². The molecule has 0 radical (unpaired) electrons.